The Morgan fingerprint density at radius 3 is 2.39 bits per heavy atom. The van der Waals surface area contributed by atoms with E-state index in [4.69, 9.17) is 9.15 Å². The van der Waals surface area contributed by atoms with Crippen LogP contribution in [0.4, 0.5) is 5.69 Å². The first kappa shape index (κ1) is 25.9. The Balaban J connectivity index is 1.63. The molecule has 2 heterocycles. The smallest absolute Gasteiger partial charge is 0.374 e. The van der Waals surface area contributed by atoms with Crippen LogP contribution in [0, 0.1) is 0 Å². The summed E-state index contributed by atoms with van der Waals surface area (Å²) < 4.78 is 80.1. The number of fused-ring (bicyclic) bond motifs is 2. The highest BCUT2D eigenvalue weighted by atomic mass is 32.2. The molecule has 1 aliphatic heterocycles. The Bertz CT molecular complexity index is 1540. The zero-order valence-electron chi connectivity index (χ0n) is 19.5. The summed E-state index contributed by atoms with van der Waals surface area (Å²) in [5.41, 5.74) is 2.87. The van der Waals surface area contributed by atoms with E-state index in [0.717, 1.165) is 16.8 Å². The SMILES string of the molecule is CC(=Cc1oc2ccccc2[n+]1CCCS(=O)(=O)[O-])C=C1Oc2ccccc2N1CCCS(=O)(=O)[O-]. The molecule has 192 valence electrons. The van der Waals surface area contributed by atoms with Gasteiger partial charge in [-0.2, -0.15) is 4.57 Å². The number of hydrogen-bond donors (Lipinski definition) is 0. The van der Waals surface area contributed by atoms with E-state index >= 15 is 0 Å². The van der Waals surface area contributed by atoms with Crippen molar-refractivity contribution in [1.29, 1.82) is 0 Å². The molecule has 4 rings (SSSR count). The lowest BCUT2D eigenvalue weighted by Gasteiger charge is -2.19. The van der Waals surface area contributed by atoms with Gasteiger partial charge in [0.1, 0.15) is 0 Å². The molecule has 3 aromatic rings. The van der Waals surface area contributed by atoms with Crippen LogP contribution in [0.2, 0.25) is 0 Å². The van der Waals surface area contributed by atoms with E-state index in [2.05, 4.69) is 0 Å². The molecular formula is C24H25N2O8S2-. The topological polar surface area (TPSA) is 144 Å². The van der Waals surface area contributed by atoms with Gasteiger partial charge in [0.15, 0.2) is 12.3 Å². The standard InChI is InChI=1S/C24H26N2O8S2/c1-18(16-23-25(12-6-14-35(27,28)29)19-8-2-4-10-21(19)33-23)17-24-26(13-7-15-36(30,31)32)20-9-3-5-11-22(20)34-24/h2-5,8-11,16-17H,6-7,12-15H2,1H3,(H-,27,28,29,30,31,32)/p-1. The normalized spacial score (nSPS) is 15.5. The van der Waals surface area contributed by atoms with E-state index in [9.17, 15) is 25.9 Å². The number of hydrogen-bond acceptors (Lipinski definition) is 9. The summed E-state index contributed by atoms with van der Waals surface area (Å²) in [5, 5.41) is 0. The van der Waals surface area contributed by atoms with Gasteiger partial charge >= 0.3 is 5.89 Å². The summed E-state index contributed by atoms with van der Waals surface area (Å²) in [4.78, 5) is 1.81. The maximum atomic E-state index is 11.1. The molecule has 0 saturated heterocycles. The second-order valence-electron chi connectivity index (χ2n) is 8.38. The molecule has 0 atom stereocenters. The first-order valence-electron chi connectivity index (χ1n) is 11.2. The number of oxazole rings is 1. The molecule has 1 aromatic heterocycles. The predicted octanol–water partition coefficient (Wildman–Crippen LogP) is 2.73. The number of anilines is 1. The number of para-hydroxylation sites is 4. The Labute approximate surface area is 209 Å². The van der Waals surface area contributed by atoms with Gasteiger partial charge in [0.2, 0.25) is 11.5 Å². The lowest BCUT2D eigenvalue weighted by atomic mass is 10.2. The summed E-state index contributed by atoms with van der Waals surface area (Å²) >= 11 is 0. The van der Waals surface area contributed by atoms with Gasteiger partial charge in [0.25, 0.3) is 5.52 Å². The van der Waals surface area contributed by atoms with Crippen molar-refractivity contribution in [2.24, 2.45) is 0 Å². The summed E-state index contributed by atoms with van der Waals surface area (Å²) in [6, 6.07) is 14.6. The number of nitrogens with zero attached hydrogens (tertiary/aromatic N) is 2. The van der Waals surface area contributed by atoms with Crippen LogP contribution in [0.15, 0.2) is 70.5 Å². The van der Waals surface area contributed by atoms with Crippen molar-refractivity contribution in [3.63, 3.8) is 0 Å². The number of benzene rings is 2. The second kappa shape index (κ2) is 10.4. The van der Waals surface area contributed by atoms with Gasteiger partial charge in [-0.15, -0.1) is 0 Å². The number of aromatic nitrogens is 1. The molecule has 1 aliphatic rings. The molecule has 12 heteroatoms. The number of allylic oxidation sites excluding steroid dienone is 2. The van der Waals surface area contributed by atoms with E-state index < -0.39 is 31.7 Å². The van der Waals surface area contributed by atoms with Crippen LogP contribution in [0.3, 0.4) is 0 Å². The largest absolute Gasteiger partial charge is 0.748 e. The van der Waals surface area contributed by atoms with Gasteiger partial charge in [-0.1, -0.05) is 24.3 Å². The maximum absolute atomic E-state index is 11.1. The van der Waals surface area contributed by atoms with Crippen LogP contribution in [0.1, 0.15) is 25.7 Å². The number of ether oxygens (including phenoxy) is 1. The third kappa shape index (κ3) is 6.52. The highest BCUT2D eigenvalue weighted by Gasteiger charge is 2.26. The van der Waals surface area contributed by atoms with Crippen molar-refractivity contribution in [3.05, 3.63) is 72.0 Å². The fraction of sp³-hybridized carbons (Fsp3) is 0.292. The highest BCUT2D eigenvalue weighted by Crippen LogP contribution is 2.39. The predicted molar refractivity (Wildman–Crippen MR) is 131 cm³/mol. The van der Waals surface area contributed by atoms with E-state index in [-0.39, 0.29) is 25.9 Å². The van der Waals surface area contributed by atoms with Crippen LogP contribution in [-0.2, 0) is 26.8 Å². The van der Waals surface area contributed by atoms with Crippen molar-refractivity contribution in [2.45, 2.75) is 26.3 Å². The van der Waals surface area contributed by atoms with Crippen LogP contribution in [0.5, 0.6) is 5.75 Å². The summed E-state index contributed by atoms with van der Waals surface area (Å²) in [7, 11) is -8.66. The molecule has 0 fully saturated rings. The van der Waals surface area contributed by atoms with E-state index in [1.807, 2.05) is 52.8 Å². The van der Waals surface area contributed by atoms with Crippen molar-refractivity contribution >= 4 is 43.1 Å². The first-order valence-corrected chi connectivity index (χ1v) is 14.4. The van der Waals surface area contributed by atoms with E-state index in [1.54, 1.807) is 24.3 Å². The van der Waals surface area contributed by atoms with Crippen LogP contribution >= 0.6 is 0 Å². The monoisotopic (exact) mass is 533 g/mol. The third-order valence-electron chi connectivity index (χ3n) is 5.53. The lowest BCUT2D eigenvalue weighted by Crippen LogP contribution is -2.36. The van der Waals surface area contributed by atoms with E-state index in [1.165, 1.54) is 0 Å². The summed E-state index contributed by atoms with van der Waals surface area (Å²) in [6.45, 7) is 2.37. The van der Waals surface area contributed by atoms with Crippen LogP contribution in [-0.4, -0.2) is 44.0 Å². The average molecular weight is 534 g/mol. The lowest BCUT2D eigenvalue weighted by molar-refractivity contribution is -0.677. The Hall–Kier alpha value is -3.19. The minimum absolute atomic E-state index is 0.135. The van der Waals surface area contributed by atoms with Gasteiger partial charge in [-0.3, -0.25) is 0 Å². The molecule has 0 unspecified atom stereocenters. The van der Waals surface area contributed by atoms with Gasteiger partial charge in [-0.05, 0) is 37.1 Å². The first-order chi connectivity index (χ1) is 17.0. The molecule has 0 amide bonds. The van der Waals surface area contributed by atoms with Gasteiger partial charge in [0.05, 0.1) is 32.0 Å². The molecule has 0 bridgehead atoms. The molecule has 0 radical (unpaired) electrons. The molecule has 0 spiro atoms. The average Bonchev–Trinajstić information content (AvgIpc) is 3.30. The molecular weight excluding hydrogens is 508 g/mol. The van der Waals surface area contributed by atoms with Crippen molar-refractivity contribution in [3.8, 4) is 5.75 Å². The summed E-state index contributed by atoms with van der Waals surface area (Å²) in [6.07, 6.45) is 3.81. The van der Waals surface area contributed by atoms with Crippen molar-refractivity contribution in [1.82, 2.24) is 0 Å². The van der Waals surface area contributed by atoms with Crippen molar-refractivity contribution in [2.75, 3.05) is 23.0 Å². The Kier molecular flexibility index (Phi) is 7.50. The molecule has 0 aliphatic carbocycles. The van der Waals surface area contributed by atoms with Crippen molar-refractivity contribution < 1.29 is 39.7 Å². The minimum Gasteiger partial charge on any atom is -0.748 e. The quantitative estimate of drug-likeness (QED) is 0.284. The maximum Gasteiger partial charge on any atom is 0.374 e. The van der Waals surface area contributed by atoms with E-state index in [0.29, 0.717) is 23.1 Å². The third-order valence-corrected chi connectivity index (χ3v) is 7.10. The fourth-order valence-electron chi connectivity index (χ4n) is 4.01. The Morgan fingerprint density at radius 2 is 1.64 bits per heavy atom. The molecule has 0 saturated carbocycles. The second-order valence-corrected chi connectivity index (χ2v) is 11.4. The van der Waals surface area contributed by atoms with Crippen LogP contribution in [0.25, 0.3) is 17.2 Å². The van der Waals surface area contributed by atoms with Gasteiger partial charge < -0.3 is 23.2 Å². The zero-order valence-corrected chi connectivity index (χ0v) is 21.1. The minimum atomic E-state index is -4.33. The highest BCUT2D eigenvalue weighted by molar-refractivity contribution is 7.85. The zero-order chi connectivity index (χ0) is 25.9. The van der Waals surface area contributed by atoms with Gasteiger partial charge in [0, 0.05) is 36.6 Å². The fourth-order valence-corrected chi connectivity index (χ4v) is 4.98. The number of aryl methyl sites for hydroxylation is 1. The number of rotatable bonds is 10. The van der Waals surface area contributed by atoms with Crippen LogP contribution < -0.4 is 14.2 Å². The van der Waals surface area contributed by atoms with Gasteiger partial charge in [-0.25, -0.2) is 16.8 Å². The molecule has 0 N–H and O–H groups in total. The molecule has 10 nitrogen and oxygen atoms in total. The summed E-state index contributed by atoms with van der Waals surface area (Å²) in [5.74, 6) is 0.582. The molecule has 36 heavy (non-hydrogen) atoms. The Morgan fingerprint density at radius 1 is 0.972 bits per heavy atom. The molecule has 2 aromatic carbocycles.